The Kier molecular flexibility index (Phi) is 9.13. The lowest BCUT2D eigenvalue weighted by atomic mass is 9.92. The molecular weight excluding hydrogens is 518 g/mol. The molecule has 198 valence electrons. The van der Waals surface area contributed by atoms with Gasteiger partial charge in [-0.3, -0.25) is 0 Å². The maximum absolute atomic E-state index is 12.9. The lowest BCUT2D eigenvalue weighted by Gasteiger charge is -2.27. The van der Waals surface area contributed by atoms with Gasteiger partial charge in [-0.25, -0.2) is 4.98 Å². The third-order valence-corrected chi connectivity index (χ3v) is 6.61. The van der Waals surface area contributed by atoms with Crippen molar-refractivity contribution in [3.8, 4) is 5.75 Å². The Labute approximate surface area is 219 Å². The summed E-state index contributed by atoms with van der Waals surface area (Å²) in [5.41, 5.74) is 7.34. The molecule has 0 spiro atoms. The molecule has 0 unspecified atom stereocenters. The quantitative estimate of drug-likeness (QED) is 0.342. The smallest absolute Gasteiger partial charge is 0.404 e. The first-order valence-electron chi connectivity index (χ1n) is 11.7. The predicted octanol–water partition coefficient (Wildman–Crippen LogP) is 6.11. The molecule has 8 nitrogen and oxygen atoms in total. The van der Waals surface area contributed by atoms with E-state index >= 15 is 0 Å². The Morgan fingerprint density at radius 1 is 0.972 bits per heavy atom. The van der Waals surface area contributed by atoms with Gasteiger partial charge in [-0.15, -0.1) is 38.0 Å². The van der Waals surface area contributed by atoms with E-state index in [0.717, 1.165) is 51.4 Å². The van der Waals surface area contributed by atoms with E-state index in [0.29, 0.717) is 29.0 Å². The maximum Gasteiger partial charge on any atom is 0.573 e. The number of nitrogens with zero attached hydrogens (tertiary/aromatic N) is 4. The lowest BCUT2D eigenvalue weighted by Crippen LogP contribution is -2.33. The number of halogens is 5. The van der Waals surface area contributed by atoms with Crippen LogP contribution in [0.2, 0.25) is 0 Å². The number of fused-ring (bicyclic) bond motifs is 1. The first-order chi connectivity index (χ1) is 16.4. The molecule has 2 aliphatic carbocycles. The average Bonchev–Trinajstić information content (AvgIpc) is 3.45. The number of benzene rings is 1. The fraction of sp³-hybridized carbons (Fsp3) is 0.522. The van der Waals surface area contributed by atoms with Crippen LogP contribution < -0.4 is 21.1 Å². The number of hydrogen-bond acceptors (Lipinski definition) is 7. The predicted molar refractivity (Wildman–Crippen MR) is 138 cm³/mol. The summed E-state index contributed by atoms with van der Waals surface area (Å²) >= 11 is 0. The van der Waals surface area contributed by atoms with Crippen LogP contribution in [0.1, 0.15) is 57.4 Å². The van der Waals surface area contributed by atoms with Crippen LogP contribution in [0.3, 0.4) is 0 Å². The van der Waals surface area contributed by atoms with Crippen molar-refractivity contribution < 1.29 is 17.9 Å². The normalized spacial score (nSPS) is 20.4. The second kappa shape index (κ2) is 11.7. The Bertz CT molecular complexity index is 1150. The molecular formula is C23H30Cl2F3N7O. The van der Waals surface area contributed by atoms with Crippen LogP contribution in [-0.4, -0.2) is 38.0 Å². The summed E-state index contributed by atoms with van der Waals surface area (Å²) in [5.74, 6) is 0.409. The second-order valence-corrected chi connectivity index (χ2v) is 9.08. The van der Waals surface area contributed by atoms with Crippen LogP contribution in [0.4, 0.5) is 30.6 Å². The number of para-hydroxylation sites is 2. The van der Waals surface area contributed by atoms with Crippen molar-refractivity contribution in [2.45, 2.75) is 75.9 Å². The summed E-state index contributed by atoms with van der Waals surface area (Å²) in [4.78, 5) is 13.9. The van der Waals surface area contributed by atoms with E-state index in [1.54, 1.807) is 12.4 Å². The van der Waals surface area contributed by atoms with Crippen molar-refractivity contribution in [1.29, 1.82) is 0 Å². The molecule has 4 N–H and O–H groups in total. The summed E-state index contributed by atoms with van der Waals surface area (Å²) in [6.07, 6.45) is 5.00. The lowest BCUT2D eigenvalue weighted by molar-refractivity contribution is -0.274. The van der Waals surface area contributed by atoms with Crippen LogP contribution in [0, 0.1) is 0 Å². The van der Waals surface area contributed by atoms with Crippen molar-refractivity contribution in [3.05, 3.63) is 30.6 Å². The zero-order valence-electron chi connectivity index (χ0n) is 19.5. The summed E-state index contributed by atoms with van der Waals surface area (Å²) in [5, 5.41) is 6.42. The van der Waals surface area contributed by atoms with Crippen LogP contribution >= 0.6 is 24.8 Å². The number of aromatic nitrogens is 4. The Morgan fingerprint density at radius 3 is 2.36 bits per heavy atom. The van der Waals surface area contributed by atoms with Gasteiger partial charge in [-0.1, -0.05) is 25.0 Å². The number of anilines is 3. The van der Waals surface area contributed by atoms with Gasteiger partial charge in [-0.2, -0.15) is 9.97 Å². The second-order valence-electron chi connectivity index (χ2n) is 9.08. The highest BCUT2D eigenvalue weighted by Crippen LogP contribution is 2.36. The number of rotatable bonds is 6. The first kappa shape index (κ1) is 28.1. The highest BCUT2D eigenvalue weighted by Gasteiger charge is 2.32. The molecule has 5 rings (SSSR count). The fourth-order valence-corrected chi connectivity index (χ4v) is 4.88. The van der Waals surface area contributed by atoms with E-state index in [1.807, 2.05) is 0 Å². The number of ether oxygens (including phenoxy) is 1. The van der Waals surface area contributed by atoms with Crippen LogP contribution in [0.15, 0.2) is 30.6 Å². The average molecular weight is 548 g/mol. The third kappa shape index (κ3) is 6.43. The monoisotopic (exact) mass is 547 g/mol. The largest absolute Gasteiger partial charge is 0.573 e. The number of nitrogens with one attached hydrogen (secondary N) is 2. The molecule has 0 aliphatic heterocycles. The van der Waals surface area contributed by atoms with Crippen molar-refractivity contribution in [2.75, 3.05) is 10.6 Å². The summed E-state index contributed by atoms with van der Waals surface area (Å²) < 4.78 is 45.1. The SMILES string of the molecule is Cl.Cl.NC1CCC(Nc2nc(Nc3ccccc3OC(F)(F)F)c3ncn(C4CCCC4)c3n2)CC1. The number of imidazole rings is 1. The van der Waals surface area contributed by atoms with Crippen molar-refractivity contribution >= 4 is 53.4 Å². The minimum Gasteiger partial charge on any atom is -0.404 e. The molecule has 0 bridgehead atoms. The molecule has 2 aliphatic rings. The van der Waals surface area contributed by atoms with Gasteiger partial charge in [0, 0.05) is 18.1 Å². The van der Waals surface area contributed by atoms with Gasteiger partial charge >= 0.3 is 6.36 Å². The standard InChI is InChI=1S/C23H28F3N7O.2ClH/c24-23(25,26)34-18-8-4-3-7-17(18)30-20-19-21(33(13-28-19)16-5-1-2-6-16)32-22(31-20)29-15-11-9-14(27)10-12-15;;/h3-4,7-8,13-16H,1-2,5-6,9-12,27H2,(H2,29,30,31,32);2*1H. The highest BCUT2D eigenvalue weighted by molar-refractivity contribution is 5.87. The Morgan fingerprint density at radius 2 is 1.67 bits per heavy atom. The topological polar surface area (TPSA) is 103 Å². The molecule has 2 aromatic heterocycles. The molecule has 0 saturated heterocycles. The fourth-order valence-electron chi connectivity index (χ4n) is 4.88. The van der Waals surface area contributed by atoms with Gasteiger partial charge in [0.05, 0.1) is 12.0 Å². The number of hydrogen-bond donors (Lipinski definition) is 3. The zero-order chi connectivity index (χ0) is 23.7. The first-order valence-corrected chi connectivity index (χ1v) is 11.7. The summed E-state index contributed by atoms with van der Waals surface area (Å²) in [6.45, 7) is 0. The molecule has 1 aromatic carbocycles. The molecule has 3 aromatic rings. The van der Waals surface area contributed by atoms with E-state index in [2.05, 4.69) is 29.9 Å². The van der Waals surface area contributed by atoms with Gasteiger partial charge in [0.2, 0.25) is 5.95 Å². The van der Waals surface area contributed by atoms with E-state index in [9.17, 15) is 13.2 Å². The van der Waals surface area contributed by atoms with Gasteiger partial charge in [0.1, 0.15) is 0 Å². The minimum absolute atomic E-state index is 0. The molecule has 13 heteroatoms. The molecule has 2 heterocycles. The molecule has 0 atom stereocenters. The molecule has 2 saturated carbocycles. The molecule has 36 heavy (non-hydrogen) atoms. The van der Waals surface area contributed by atoms with E-state index in [-0.39, 0.29) is 48.3 Å². The van der Waals surface area contributed by atoms with Gasteiger partial charge in [-0.05, 0) is 50.7 Å². The molecule has 0 amide bonds. The Balaban J connectivity index is 0.00000180. The number of alkyl halides is 3. The van der Waals surface area contributed by atoms with E-state index in [1.165, 1.54) is 18.2 Å². The van der Waals surface area contributed by atoms with Crippen molar-refractivity contribution in [1.82, 2.24) is 19.5 Å². The third-order valence-electron chi connectivity index (χ3n) is 6.61. The molecule has 2 fully saturated rings. The molecule has 0 radical (unpaired) electrons. The Hall–Kier alpha value is -2.50. The van der Waals surface area contributed by atoms with E-state index < -0.39 is 6.36 Å². The van der Waals surface area contributed by atoms with E-state index in [4.69, 9.17) is 10.7 Å². The van der Waals surface area contributed by atoms with Gasteiger partial charge in [0.25, 0.3) is 0 Å². The van der Waals surface area contributed by atoms with Crippen LogP contribution in [0.25, 0.3) is 11.2 Å². The summed E-state index contributed by atoms with van der Waals surface area (Å²) in [6, 6.07) is 6.59. The van der Waals surface area contributed by atoms with Crippen molar-refractivity contribution in [2.24, 2.45) is 5.73 Å². The maximum atomic E-state index is 12.9. The summed E-state index contributed by atoms with van der Waals surface area (Å²) in [7, 11) is 0. The zero-order valence-corrected chi connectivity index (χ0v) is 21.1. The highest BCUT2D eigenvalue weighted by atomic mass is 35.5. The van der Waals surface area contributed by atoms with Gasteiger partial charge in [0.15, 0.2) is 22.7 Å². The number of nitrogens with two attached hydrogens (primary N) is 1. The van der Waals surface area contributed by atoms with Gasteiger partial charge < -0.3 is 25.7 Å². The minimum atomic E-state index is -4.81. The van der Waals surface area contributed by atoms with Crippen LogP contribution in [-0.2, 0) is 0 Å². The van der Waals surface area contributed by atoms with Crippen LogP contribution in [0.5, 0.6) is 5.75 Å². The van der Waals surface area contributed by atoms with Crippen molar-refractivity contribution in [3.63, 3.8) is 0 Å².